The molecule has 2 N–H and O–H groups in total. The first-order chi connectivity index (χ1) is 9.13. The highest BCUT2D eigenvalue weighted by molar-refractivity contribution is 5.29. The molecule has 0 saturated carbocycles. The van der Waals surface area contributed by atoms with E-state index in [1.165, 1.54) is 5.56 Å². The van der Waals surface area contributed by atoms with E-state index in [0.717, 1.165) is 24.4 Å². The molecule has 0 aliphatic carbocycles. The van der Waals surface area contributed by atoms with Crippen molar-refractivity contribution in [3.63, 3.8) is 0 Å². The molecule has 102 valence electrons. The van der Waals surface area contributed by atoms with Crippen LogP contribution in [-0.2, 0) is 6.54 Å². The molecule has 3 nitrogen and oxygen atoms in total. The molecule has 1 aromatic heterocycles. The third-order valence-corrected chi connectivity index (χ3v) is 3.45. The zero-order valence-electron chi connectivity index (χ0n) is 12.0. The number of hydrogen-bond donors (Lipinski definition) is 1. The second kappa shape index (κ2) is 6.02. The molecule has 3 heteroatoms. The molecule has 0 aliphatic rings. The number of benzene rings is 1. The van der Waals surface area contributed by atoms with Gasteiger partial charge in [-0.15, -0.1) is 0 Å². The maximum absolute atomic E-state index is 6.33. The van der Waals surface area contributed by atoms with E-state index in [9.17, 15) is 0 Å². The van der Waals surface area contributed by atoms with Crippen LogP contribution in [0, 0.1) is 0 Å². The van der Waals surface area contributed by atoms with E-state index in [1.807, 2.05) is 12.4 Å². The number of nitrogens with two attached hydrogens (primary N) is 1. The van der Waals surface area contributed by atoms with E-state index in [0.29, 0.717) is 5.92 Å². The van der Waals surface area contributed by atoms with Gasteiger partial charge in [0, 0.05) is 18.9 Å². The first-order valence-electron chi connectivity index (χ1n) is 7.00. The highest BCUT2D eigenvalue weighted by Crippen LogP contribution is 2.21. The number of rotatable bonds is 5. The summed E-state index contributed by atoms with van der Waals surface area (Å²) in [6, 6.07) is 8.40. The van der Waals surface area contributed by atoms with E-state index >= 15 is 0 Å². The summed E-state index contributed by atoms with van der Waals surface area (Å²) in [6.07, 6.45) is 4.91. The zero-order chi connectivity index (χ0) is 13.8. The minimum absolute atomic E-state index is 0.150. The SMILES string of the molecule is CCCn1ccnc1C(N)c1ccc(C(C)C)cc1. The van der Waals surface area contributed by atoms with Gasteiger partial charge in [0.1, 0.15) is 5.82 Å². The minimum atomic E-state index is -0.150. The third kappa shape index (κ3) is 3.04. The van der Waals surface area contributed by atoms with Gasteiger partial charge in [0.2, 0.25) is 0 Å². The number of aromatic nitrogens is 2. The van der Waals surface area contributed by atoms with Gasteiger partial charge in [-0.2, -0.15) is 0 Å². The molecule has 0 bridgehead atoms. The number of imidazole rings is 1. The van der Waals surface area contributed by atoms with Crippen molar-refractivity contribution >= 4 is 0 Å². The Morgan fingerprint density at radius 2 is 1.79 bits per heavy atom. The fraction of sp³-hybridized carbons (Fsp3) is 0.438. The van der Waals surface area contributed by atoms with Gasteiger partial charge < -0.3 is 10.3 Å². The molecule has 0 aliphatic heterocycles. The largest absolute Gasteiger partial charge is 0.333 e. The highest BCUT2D eigenvalue weighted by Gasteiger charge is 2.14. The van der Waals surface area contributed by atoms with Crippen LogP contribution in [0.2, 0.25) is 0 Å². The summed E-state index contributed by atoms with van der Waals surface area (Å²) in [4.78, 5) is 4.41. The quantitative estimate of drug-likeness (QED) is 0.891. The van der Waals surface area contributed by atoms with Gasteiger partial charge in [-0.25, -0.2) is 4.98 Å². The third-order valence-electron chi connectivity index (χ3n) is 3.45. The van der Waals surface area contributed by atoms with Crippen LogP contribution >= 0.6 is 0 Å². The molecule has 0 amide bonds. The molecule has 1 aromatic carbocycles. The first-order valence-corrected chi connectivity index (χ1v) is 7.00. The molecule has 0 radical (unpaired) electrons. The normalized spacial score (nSPS) is 12.9. The van der Waals surface area contributed by atoms with E-state index in [2.05, 4.69) is 54.6 Å². The molecular weight excluding hydrogens is 234 g/mol. The van der Waals surface area contributed by atoms with Crippen LogP contribution in [-0.4, -0.2) is 9.55 Å². The van der Waals surface area contributed by atoms with Gasteiger partial charge in [0.15, 0.2) is 0 Å². The molecule has 2 aromatic rings. The lowest BCUT2D eigenvalue weighted by molar-refractivity contribution is 0.613. The fourth-order valence-corrected chi connectivity index (χ4v) is 2.27. The lowest BCUT2D eigenvalue weighted by Gasteiger charge is -2.15. The molecule has 2 rings (SSSR count). The standard InChI is InChI=1S/C16H23N3/c1-4-10-19-11-9-18-16(19)15(17)14-7-5-13(6-8-14)12(2)3/h5-9,11-12,15H,4,10,17H2,1-3H3. The van der Waals surface area contributed by atoms with Gasteiger partial charge in [-0.1, -0.05) is 45.0 Å². The van der Waals surface area contributed by atoms with Crippen molar-refractivity contribution < 1.29 is 0 Å². The zero-order valence-corrected chi connectivity index (χ0v) is 12.0. The van der Waals surface area contributed by atoms with Crippen LogP contribution < -0.4 is 5.73 Å². The maximum atomic E-state index is 6.33. The van der Waals surface area contributed by atoms with Crippen molar-refractivity contribution in [2.75, 3.05) is 0 Å². The number of hydrogen-bond acceptors (Lipinski definition) is 2. The second-order valence-electron chi connectivity index (χ2n) is 5.28. The van der Waals surface area contributed by atoms with Crippen molar-refractivity contribution in [2.24, 2.45) is 5.73 Å². The van der Waals surface area contributed by atoms with Gasteiger partial charge in [-0.05, 0) is 23.5 Å². The minimum Gasteiger partial charge on any atom is -0.333 e. The van der Waals surface area contributed by atoms with Crippen LogP contribution in [0.4, 0.5) is 0 Å². The van der Waals surface area contributed by atoms with E-state index in [1.54, 1.807) is 0 Å². The summed E-state index contributed by atoms with van der Waals surface area (Å²) in [5.74, 6) is 1.49. The van der Waals surface area contributed by atoms with E-state index < -0.39 is 0 Å². The smallest absolute Gasteiger partial charge is 0.130 e. The number of nitrogens with zero attached hydrogens (tertiary/aromatic N) is 2. The summed E-state index contributed by atoms with van der Waals surface area (Å²) in [5, 5.41) is 0. The van der Waals surface area contributed by atoms with Crippen molar-refractivity contribution in [3.05, 3.63) is 53.6 Å². The van der Waals surface area contributed by atoms with Crippen LogP contribution in [0.1, 0.15) is 56.1 Å². The Labute approximate surface area is 115 Å². The lowest BCUT2D eigenvalue weighted by Crippen LogP contribution is -2.18. The topological polar surface area (TPSA) is 43.8 Å². The van der Waals surface area contributed by atoms with Crippen molar-refractivity contribution in [1.82, 2.24) is 9.55 Å². The summed E-state index contributed by atoms with van der Waals surface area (Å²) in [7, 11) is 0. The Hall–Kier alpha value is -1.61. The van der Waals surface area contributed by atoms with Crippen LogP contribution in [0.15, 0.2) is 36.7 Å². The lowest BCUT2D eigenvalue weighted by atomic mass is 9.99. The summed E-state index contributed by atoms with van der Waals surface area (Å²) < 4.78 is 2.14. The second-order valence-corrected chi connectivity index (χ2v) is 5.28. The Kier molecular flexibility index (Phi) is 4.38. The Morgan fingerprint density at radius 1 is 1.16 bits per heavy atom. The Balaban J connectivity index is 2.23. The maximum Gasteiger partial charge on any atom is 0.130 e. The molecular formula is C16H23N3. The molecule has 0 saturated heterocycles. The van der Waals surface area contributed by atoms with Crippen LogP contribution in [0.25, 0.3) is 0 Å². The van der Waals surface area contributed by atoms with Crippen molar-refractivity contribution in [1.29, 1.82) is 0 Å². The summed E-state index contributed by atoms with van der Waals surface area (Å²) in [5.41, 5.74) is 8.79. The van der Waals surface area contributed by atoms with E-state index in [4.69, 9.17) is 5.73 Å². The monoisotopic (exact) mass is 257 g/mol. The van der Waals surface area contributed by atoms with Crippen molar-refractivity contribution in [2.45, 2.75) is 45.7 Å². The molecule has 1 atom stereocenters. The first kappa shape index (κ1) is 13.8. The Morgan fingerprint density at radius 3 is 2.37 bits per heavy atom. The predicted octanol–water partition coefficient (Wildman–Crippen LogP) is 3.46. The average Bonchev–Trinajstić information content (AvgIpc) is 2.87. The summed E-state index contributed by atoms with van der Waals surface area (Å²) >= 11 is 0. The van der Waals surface area contributed by atoms with Crippen molar-refractivity contribution in [3.8, 4) is 0 Å². The van der Waals surface area contributed by atoms with Gasteiger partial charge in [-0.3, -0.25) is 0 Å². The molecule has 0 spiro atoms. The predicted molar refractivity (Wildman–Crippen MR) is 79.1 cm³/mol. The van der Waals surface area contributed by atoms with Gasteiger partial charge in [0.25, 0.3) is 0 Å². The average molecular weight is 257 g/mol. The molecule has 19 heavy (non-hydrogen) atoms. The number of aryl methyl sites for hydroxylation is 1. The Bertz CT molecular complexity index is 511. The molecule has 1 heterocycles. The fourth-order valence-electron chi connectivity index (χ4n) is 2.27. The van der Waals surface area contributed by atoms with Gasteiger partial charge in [0.05, 0.1) is 6.04 Å². The van der Waals surface area contributed by atoms with Crippen LogP contribution in [0.5, 0.6) is 0 Å². The molecule has 1 unspecified atom stereocenters. The highest BCUT2D eigenvalue weighted by atomic mass is 15.1. The van der Waals surface area contributed by atoms with Gasteiger partial charge >= 0.3 is 0 Å². The summed E-state index contributed by atoms with van der Waals surface area (Å²) in [6.45, 7) is 7.52. The van der Waals surface area contributed by atoms with E-state index in [-0.39, 0.29) is 6.04 Å². The van der Waals surface area contributed by atoms with Crippen LogP contribution in [0.3, 0.4) is 0 Å². The molecule has 0 fully saturated rings.